The number of carbonyl (C=O) groups excluding carboxylic acids is 1. The van der Waals surface area contributed by atoms with E-state index in [2.05, 4.69) is 15.1 Å². The Balaban J connectivity index is 2.05. The topological polar surface area (TPSA) is 68.3 Å². The summed E-state index contributed by atoms with van der Waals surface area (Å²) in [6.45, 7) is 2.00. The van der Waals surface area contributed by atoms with Gasteiger partial charge in [-0.1, -0.05) is 41.1 Å². The SMILES string of the molecule is Cc1cccc(-c2noc(-c3ccccc3N=C=O)n2)c1. The van der Waals surface area contributed by atoms with Crippen LogP contribution in [0.4, 0.5) is 5.69 Å². The van der Waals surface area contributed by atoms with E-state index in [0.717, 1.165) is 11.1 Å². The summed E-state index contributed by atoms with van der Waals surface area (Å²) in [4.78, 5) is 18.5. The van der Waals surface area contributed by atoms with Gasteiger partial charge in [0.05, 0.1) is 11.3 Å². The van der Waals surface area contributed by atoms with Gasteiger partial charge in [0.1, 0.15) is 0 Å². The molecule has 0 radical (unpaired) electrons. The number of para-hydroxylation sites is 1. The Hall–Kier alpha value is -3.04. The van der Waals surface area contributed by atoms with Crippen LogP contribution in [0, 0.1) is 6.92 Å². The van der Waals surface area contributed by atoms with Gasteiger partial charge in [0, 0.05) is 5.56 Å². The lowest BCUT2D eigenvalue weighted by molar-refractivity contribution is 0.432. The Kier molecular flexibility index (Phi) is 3.41. The molecule has 0 N–H and O–H groups in total. The maximum Gasteiger partial charge on any atom is 0.260 e. The zero-order chi connectivity index (χ0) is 14.7. The summed E-state index contributed by atoms with van der Waals surface area (Å²) in [5.41, 5.74) is 3.05. The second-order valence-electron chi connectivity index (χ2n) is 4.51. The first-order chi connectivity index (χ1) is 10.3. The quantitative estimate of drug-likeness (QED) is 0.541. The Morgan fingerprint density at radius 1 is 1.14 bits per heavy atom. The van der Waals surface area contributed by atoms with Crippen molar-refractivity contribution in [3.8, 4) is 22.8 Å². The molecule has 3 aromatic rings. The zero-order valence-electron chi connectivity index (χ0n) is 11.3. The van der Waals surface area contributed by atoms with Crippen LogP contribution in [-0.2, 0) is 4.79 Å². The predicted octanol–water partition coefficient (Wildman–Crippen LogP) is 3.68. The molecule has 0 unspecified atom stereocenters. The van der Waals surface area contributed by atoms with Gasteiger partial charge in [-0.2, -0.15) is 9.98 Å². The van der Waals surface area contributed by atoms with E-state index >= 15 is 0 Å². The van der Waals surface area contributed by atoms with Crippen LogP contribution < -0.4 is 0 Å². The highest BCUT2D eigenvalue weighted by Crippen LogP contribution is 2.30. The van der Waals surface area contributed by atoms with Crippen LogP contribution in [0.5, 0.6) is 0 Å². The third-order valence-corrected chi connectivity index (χ3v) is 3.00. The van der Waals surface area contributed by atoms with E-state index in [0.29, 0.717) is 23.0 Å². The van der Waals surface area contributed by atoms with Crippen LogP contribution in [0.2, 0.25) is 0 Å². The second kappa shape index (κ2) is 5.53. The Morgan fingerprint density at radius 2 is 2.00 bits per heavy atom. The lowest BCUT2D eigenvalue weighted by atomic mass is 10.1. The first kappa shape index (κ1) is 13.0. The van der Waals surface area contributed by atoms with Crippen LogP contribution in [0.15, 0.2) is 58.0 Å². The van der Waals surface area contributed by atoms with Crippen molar-refractivity contribution in [2.24, 2.45) is 4.99 Å². The van der Waals surface area contributed by atoms with Crippen LogP contribution in [-0.4, -0.2) is 16.2 Å². The van der Waals surface area contributed by atoms with E-state index < -0.39 is 0 Å². The number of rotatable bonds is 3. The summed E-state index contributed by atoms with van der Waals surface area (Å²) in [6.07, 6.45) is 1.53. The van der Waals surface area contributed by atoms with E-state index in [1.54, 1.807) is 18.2 Å². The number of aromatic nitrogens is 2. The minimum absolute atomic E-state index is 0.320. The summed E-state index contributed by atoms with van der Waals surface area (Å²) in [5.74, 6) is 0.819. The van der Waals surface area contributed by atoms with Crippen LogP contribution >= 0.6 is 0 Å². The average Bonchev–Trinajstić information content (AvgIpc) is 2.98. The van der Waals surface area contributed by atoms with Crippen molar-refractivity contribution in [2.45, 2.75) is 6.92 Å². The Bertz CT molecular complexity index is 833. The maximum atomic E-state index is 10.5. The summed E-state index contributed by atoms with van der Waals surface area (Å²) in [6, 6.07) is 14.9. The van der Waals surface area contributed by atoms with Gasteiger partial charge in [0.25, 0.3) is 5.89 Å². The molecule has 0 spiro atoms. The van der Waals surface area contributed by atoms with Gasteiger partial charge in [0.15, 0.2) is 0 Å². The van der Waals surface area contributed by atoms with E-state index in [1.165, 1.54) is 6.08 Å². The third-order valence-electron chi connectivity index (χ3n) is 3.00. The summed E-state index contributed by atoms with van der Waals surface area (Å²) < 4.78 is 5.28. The molecule has 0 aliphatic rings. The van der Waals surface area contributed by atoms with E-state index in [-0.39, 0.29) is 0 Å². The number of hydrogen-bond donors (Lipinski definition) is 0. The van der Waals surface area contributed by atoms with Crippen LogP contribution in [0.1, 0.15) is 5.56 Å². The minimum Gasteiger partial charge on any atom is -0.334 e. The molecule has 5 nitrogen and oxygen atoms in total. The van der Waals surface area contributed by atoms with Crippen molar-refractivity contribution in [3.05, 3.63) is 54.1 Å². The molecular weight excluding hydrogens is 266 g/mol. The fourth-order valence-electron chi connectivity index (χ4n) is 2.04. The standard InChI is InChI=1S/C16H11N3O2/c1-11-5-4-6-12(9-11)15-18-16(21-19-15)13-7-2-3-8-14(13)17-10-20/h2-9H,1H3. The molecule has 0 aliphatic heterocycles. The molecule has 0 atom stereocenters. The largest absolute Gasteiger partial charge is 0.334 e. The molecule has 5 heteroatoms. The van der Waals surface area contributed by atoms with Crippen molar-refractivity contribution in [2.75, 3.05) is 0 Å². The molecule has 0 saturated heterocycles. The molecule has 3 rings (SSSR count). The van der Waals surface area contributed by atoms with E-state index in [9.17, 15) is 4.79 Å². The van der Waals surface area contributed by atoms with Crippen molar-refractivity contribution in [3.63, 3.8) is 0 Å². The van der Waals surface area contributed by atoms with Gasteiger partial charge in [-0.05, 0) is 25.1 Å². The van der Waals surface area contributed by atoms with Gasteiger partial charge < -0.3 is 4.52 Å². The fraction of sp³-hybridized carbons (Fsp3) is 0.0625. The molecular formula is C16H11N3O2. The van der Waals surface area contributed by atoms with Gasteiger partial charge >= 0.3 is 0 Å². The number of nitrogens with zero attached hydrogens (tertiary/aromatic N) is 3. The van der Waals surface area contributed by atoms with E-state index in [1.807, 2.05) is 37.3 Å². The summed E-state index contributed by atoms with van der Waals surface area (Å²) >= 11 is 0. The molecule has 1 heterocycles. The van der Waals surface area contributed by atoms with E-state index in [4.69, 9.17) is 4.52 Å². The monoisotopic (exact) mass is 277 g/mol. The smallest absolute Gasteiger partial charge is 0.260 e. The number of hydrogen-bond acceptors (Lipinski definition) is 5. The lowest BCUT2D eigenvalue weighted by Gasteiger charge is -1.97. The molecule has 0 aliphatic carbocycles. The van der Waals surface area contributed by atoms with Gasteiger partial charge in [-0.25, -0.2) is 4.79 Å². The molecule has 0 saturated carbocycles. The molecule has 0 fully saturated rings. The maximum absolute atomic E-state index is 10.5. The molecule has 1 aromatic heterocycles. The number of isocyanates is 1. The predicted molar refractivity (Wildman–Crippen MR) is 77.7 cm³/mol. The average molecular weight is 277 g/mol. The van der Waals surface area contributed by atoms with Gasteiger partial charge in [0.2, 0.25) is 11.9 Å². The number of benzene rings is 2. The summed E-state index contributed by atoms with van der Waals surface area (Å²) in [5, 5.41) is 3.98. The van der Waals surface area contributed by atoms with Gasteiger partial charge in [-0.15, -0.1) is 0 Å². The molecule has 21 heavy (non-hydrogen) atoms. The van der Waals surface area contributed by atoms with Gasteiger partial charge in [-0.3, -0.25) is 0 Å². The molecule has 0 bridgehead atoms. The normalized spacial score (nSPS) is 10.1. The highest BCUT2D eigenvalue weighted by molar-refractivity contribution is 5.72. The zero-order valence-corrected chi connectivity index (χ0v) is 11.3. The highest BCUT2D eigenvalue weighted by Gasteiger charge is 2.13. The van der Waals surface area contributed by atoms with Crippen molar-refractivity contribution in [1.29, 1.82) is 0 Å². The number of aliphatic imine (C=N–C) groups is 1. The van der Waals surface area contributed by atoms with Crippen LogP contribution in [0.25, 0.3) is 22.8 Å². The van der Waals surface area contributed by atoms with Crippen molar-refractivity contribution >= 4 is 11.8 Å². The first-order valence-electron chi connectivity index (χ1n) is 6.36. The lowest BCUT2D eigenvalue weighted by Crippen LogP contribution is -1.82. The molecule has 0 amide bonds. The van der Waals surface area contributed by atoms with Crippen LogP contribution in [0.3, 0.4) is 0 Å². The minimum atomic E-state index is 0.320. The number of aryl methyl sites for hydroxylation is 1. The first-order valence-corrected chi connectivity index (χ1v) is 6.36. The van der Waals surface area contributed by atoms with Crippen molar-refractivity contribution < 1.29 is 9.32 Å². The third kappa shape index (κ3) is 2.63. The van der Waals surface area contributed by atoms with Crippen molar-refractivity contribution in [1.82, 2.24) is 10.1 Å². The summed E-state index contributed by atoms with van der Waals surface area (Å²) in [7, 11) is 0. The molecule has 2 aromatic carbocycles. The Morgan fingerprint density at radius 3 is 2.81 bits per heavy atom. The molecule has 102 valence electrons. The Labute approximate surface area is 121 Å². The fourth-order valence-corrected chi connectivity index (χ4v) is 2.04. The second-order valence-corrected chi connectivity index (χ2v) is 4.51. The highest BCUT2D eigenvalue weighted by atomic mass is 16.5.